The summed E-state index contributed by atoms with van der Waals surface area (Å²) >= 11 is 0. The molecule has 134 valence electrons. The number of urea groups is 1. The number of nitrogens with one attached hydrogen (secondary N) is 2. The van der Waals surface area contributed by atoms with E-state index in [4.69, 9.17) is 4.42 Å². The van der Waals surface area contributed by atoms with Gasteiger partial charge in [-0.3, -0.25) is 0 Å². The third kappa shape index (κ3) is 3.43. The fraction of sp³-hybridized carbons (Fsp3) is 0.333. The first kappa shape index (κ1) is 16.6. The normalized spacial score (nSPS) is 13.8. The zero-order valence-corrected chi connectivity index (χ0v) is 15.3. The molecule has 1 heterocycles. The molecule has 1 aliphatic carbocycles. The van der Waals surface area contributed by atoms with Crippen molar-refractivity contribution in [3.05, 3.63) is 58.5 Å². The van der Waals surface area contributed by atoms with E-state index >= 15 is 0 Å². The summed E-state index contributed by atoms with van der Waals surface area (Å²) in [5, 5.41) is 5.81. The Balaban J connectivity index is 1.42. The van der Waals surface area contributed by atoms with E-state index in [1.807, 2.05) is 18.2 Å². The molecule has 26 heavy (non-hydrogen) atoms. The van der Waals surface area contributed by atoms with Gasteiger partial charge in [0.1, 0.15) is 5.52 Å². The van der Waals surface area contributed by atoms with Crippen LogP contribution in [0.25, 0.3) is 11.1 Å². The number of rotatable bonds is 4. The number of anilines is 1. The van der Waals surface area contributed by atoms with Crippen LogP contribution in [0.2, 0.25) is 0 Å². The highest BCUT2D eigenvalue weighted by Gasteiger charge is 2.28. The van der Waals surface area contributed by atoms with Gasteiger partial charge in [-0.25, -0.2) is 9.78 Å². The Bertz CT molecular complexity index is 963. The maximum absolute atomic E-state index is 12.3. The predicted molar refractivity (Wildman–Crippen MR) is 102 cm³/mol. The molecule has 1 saturated carbocycles. The molecule has 0 aliphatic heterocycles. The van der Waals surface area contributed by atoms with E-state index in [-0.39, 0.29) is 6.03 Å². The molecular weight excluding hydrogens is 326 g/mol. The van der Waals surface area contributed by atoms with Gasteiger partial charge in [-0.05, 0) is 68.5 Å². The highest BCUT2D eigenvalue weighted by molar-refractivity contribution is 5.91. The molecule has 0 unspecified atom stereocenters. The van der Waals surface area contributed by atoms with Gasteiger partial charge in [0.15, 0.2) is 11.5 Å². The number of hydrogen-bond acceptors (Lipinski definition) is 3. The number of aromatic nitrogens is 1. The van der Waals surface area contributed by atoms with Crippen molar-refractivity contribution < 1.29 is 9.21 Å². The molecule has 0 spiro atoms. The molecule has 5 nitrogen and oxygen atoms in total. The van der Waals surface area contributed by atoms with E-state index in [0.717, 1.165) is 35.4 Å². The quantitative estimate of drug-likeness (QED) is 0.700. The third-order valence-electron chi connectivity index (χ3n) is 4.85. The Kier molecular flexibility index (Phi) is 4.15. The summed E-state index contributed by atoms with van der Waals surface area (Å²) in [5.74, 6) is 1.29. The highest BCUT2D eigenvalue weighted by atomic mass is 16.3. The van der Waals surface area contributed by atoms with Gasteiger partial charge in [0.25, 0.3) is 0 Å². The summed E-state index contributed by atoms with van der Waals surface area (Å²) in [5.41, 5.74) is 7.05. The minimum Gasteiger partial charge on any atom is -0.440 e. The smallest absolute Gasteiger partial charge is 0.319 e. The Morgan fingerprint density at radius 3 is 2.58 bits per heavy atom. The third-order valence-corrected chi connectivity index (χ3v) is 4.85. The second-order valence-corrected chi connectivity index (χ2v) is 7.19. The summed E-state index contributed by atoms with van der Waals surface area (Å²) < 4.78 is 5.75. The first-order valence-electron chi connectivity index (χ1n) is 9.01. The molecule has 1 fully saturated rings. The van der Waals surface area contributed by atoms with Crippen molar-refractivity contribution in [2.75, 3.05) is 5.32 Å². The van der Waals surface area contributed by atoms with Crippen molar-refractivity contribution in [1.82, 2.24) is 10.3 Å². The van der Waals surface area contributed by atoms with Gasteiger partial charge in [-0.2, -0.15) is 0 Å². The van der Waals surface area contributed by atoms with E-state index in [1.165, 1.54) is 16.7 Å². The molecule has 2 aromatic carbocycles. The SMILES string of the molecule is Cc1cc(C)c(CNC(=O)Nc2ccc3oc(C4CC4)nc3c2)c(C)c1. The minimum absolute atomic E-state index is 0.227. The van der Waals surface area contributed by atoms with Gasteiger partial charge in [0.05, 0.1) is 0 Å². The van der Waals surface area contributed by atoms with Gasteiger partial charge in [-0.1, -0.05) is 17.7 Å². The van der Waals surface area contributed by atoms with Crippen LogP contribution >= 0.6 is 0 Å². The molecule has 5 heteroatoms. The van der Waals surface area contributed by atoms with Crippen LogP contribution in [0.3, 0.4) is 0 Å². The van der Waals surface area contributed by atoms with Crippen LogP contribution in [0, 0.1) is 20.8 Å². The van der Waals surface area contributed by atoms with E-state index in [0.29, 0.717) is 18.2 Å². The van der Waals surface area contributed by atoms with Crippen LogP contribution < -0.4 is 10.6 Å². The number of fused-ring (bicyclic) bond motifs is 1. The van der Waals surface area contributed by atoms with Gasteiger partial charge >= 0.3 is 6.03 Å². The number of carbonyl (C=O) groups excluding carboxylic acids is 1. The van der Waals surface area contributed by atoms with Crippen molar-refractivity contribution in [2.45, 2.75) is 46.1 Å². The van der Waals surface area contributed by atoms with Crippen molar-refractivity contribution >= 4 is 22.8 Å². The van der Waals surface area contributed by atoms with E-state index < -0.39 is 0 Å². The zero-order valence-electron chi connectivity index (χ0n) is 15.3. The highest BCUT2D eigenvalue weighted by Crippen LogP contribution is 2.40. The van der Waals surface area contributed by atoms with Crippen LogP contribution in [-0.4, -0.2) is 11.0 Å². The van der Waals surface area contributed by atoms with Gasteiger partial charge in [-0.15, -0.1) is 0 Å². The Labute approximate surface area is 152 Å². The standard InChI is InChI=1S/C21H23N3O2/c1-12-8-13(2)17(14(3)9-12)11-22-21(25)23-16-6-7-19-18(10-16)24-20(26-19)15-4-5-15/h6-10,15H,4-5,11H2,1-3H3,(H2,22,23,25). The Morgan fingerprint density at radius 1 is 1.15 bits per heavy atom. The fourth-order valence-electron chi connectivity index (χ4n) is 3.36. The Hall–Kier alpha value is -2.82. The Morgan fingerprint density at radius 2 is 1.88 bits per heavy atom. The number of amides is 2. The van der Waals surface area contributed by atoms with Crippen LogP contribution in [0.5, 0.6) is 0 Å². The van der Waals surface area contributed by atoms with Crippen molar-refractivity contribution in [1.29, 1.82) is 0 Å². The van der Waals surface area contributed by atoms with Crippen LogP contribution in [0.4, 0.5) is 10.5 Å². The number of oxazole rings is 1. The molecule has 4 rings (SSSR count). The lowest BCUT2D eigenvalue weighted by molar-refractivity contribution is 0.251. The summed E-state index contributed by atoms with van der Waals surface area (Å²) in [4.78, 5) is 16.8. The average molecular weight is 349 g/mol. The lowest BCUT2D eigenvalue weighted by atomic mass is 10.00. The van der Waals surface area contributed by atoms with E-state index in [9.17, 15) is 4.79 Å². The summed E-state index contributed by atoms with van der Waals surface area (Å²) in [6.45, 7) is 6.73. The van der Waals surface area contributed by atoms with Crippen molar-refractivity contribution in [3.8, 4) is 0 Å². The summed E-state index contributed by atoms with van der Waals surface area (Å²) in [6.07, 6.45) is 2.30. The second-order valence-electron chi connectivity index (χ2n) is 7.19. The van der Waals surface area contributed by atoms with Crippen LogP contribution in [0.15, 0.2) is 34.7 Å². The molecule has 1 aliphatic rings. The van der Waals surface area contributed by atoms with Crippen LogP contribution in [0.1, 0.15) is 46.9 Å². The van der Waals surface area contributed by atoms with Crippen molar-refractivity contribution in [3.63, 3.8) is 0 Å². The first-order valence-corrected chi connectivity index (χ1v) is 9.01. The molecular formula is C21H23N3O2. The molecule has 2 amide bonds. The first-order chi connectivity index (χ1) is 12.5. The maximum Gasteiger partial charge on any atom is 0.319 e. The lowest BCUT2D eigenvalue weighted by Gasteiger charge is -2.13. The van der Waals surface area contributed by atoms with Gasteiger partial charge in [0.2, 0.25) is 0 Å². The summed E-state index contributed by atoms with van der Waals surface area (Å²) in [7, 11) is 0. The number of benzene rings is 2. The molecule has 0 saturated heterocycles. The number of nitrogens with zero attached hydrogens (tertiary/aromatic N) is 1. The molecule has 2 N–H and O–H groups in total. The van der Waals surface area contributed by atoms with Crippen LogP contribution in [-0.2, 0) is 6.54 Å². The van der Waals surface area contributed by atoms with Crippen molar-refractivity contribution in [2.24, 2.45) is 0 Å². The largest absolute Gasteiger partial charge is 0.440 e. The number of hydrogen-bond donors (Lipinski definition) is 2. The van der Waals surface area contributed by atoms with E-state index in [2.05, 4.69) is 48.5 Å². The maximum atomic E-state index is 12.3. The molecule has 0 radical (unpaired) electrons. The lowest BCUT2D eigenvalue weighted by Crippen LogP contribution is -2.28. The van der Waals surface area contributed by atoms with Gasteiger partial charge < -0.3 is 15.1 Å². The fourth-order valence-corrected chi connectivity index (χ4v) is 3.36. The monoisotopic (exact) mass is 349 g/mol. The topological polar surface area (TPSA) is 67.2 Å². The predicted octanol–water partition coefficient (Wildman–Crippen LogP) is 4.95. The average Bonchev–Trinajstić information content (AvgIpc) is 3.33. The number of carbonyl (C=O) groups is 1. The molecule has 0 atom stereocenters. The molecule has 3 aromatic rings. The molecule has 0 bridgehead atoms. The molecule has 1 aromatic heterocycles. The summed E-state index contributed by atoms with van der Waals surface area (Å²) in [6, 6.07) is 9.60. The zero-order chi connectivity index (χ0) is 18.3. The number of aryl methyl sites for hydroxylation is 3. The van der Waals surface area contributed by atoms with E-state index in [1.54, 1.807) is 0 Å². The second kappa shape index (κ2) is 6.48. The minimum atomic E-state index is -0.227. The van der Waals surface area contributed by atoms with Gasteiger partial charge in [0, 0.05) is 18.2 Å².